The van der Waals surface area contributed by atoms with E-state index in [1.165, 1.54) is 42.5 Å². The minimum absolute atomic E-state index is 0.0364. The minimum Gasteiger partial charge on any atom is -0.478 e. The van der Waals surface area contributed by atoms with Crippen LogP contribution in [0.5, 0.6) is 0 Å². The standard InChI is InChI=1S/C14H12FNO3S/c1-7-11(9-3-5-10(15)6-4-9)12(14(18)19)13(20-7)16-8(2)17/h3-6H,1-2H3,(H,16,17)(H,18,19). The van der Waals surface area contributed by atoms with Gasteiger partial charge >= 0.3 is 5.97 Å². The number of benzene rings is 1. The van der Waals surface area contributed by atoms with Crippen molar-refractivity contribution in [3.05, 3.63) is 40.5 Å². The summed E-state index contributed by atoms with van der Waals surface area (Å²) in [5, 5.41) is 12.2. The molecule has 0 aliphatic carbocycles. The molecule has 20 heavy (non-hydrogen) atoms. The highest BCUT2D eigenvalue weighted by Gasteiger charge is 2.23. The topological polar surface area (TPSA) is 66.4 Å². The van der Waals surface area contributed by atoms with Gasteiger partial charge in [-0.15, -0.1) is 11.3 Å². The molecule has 0 radical (unpaired) electrons. The first kappa shape index (κ1) is 14.2. The SMILES string of the molecule is CC(=O)Nc1sc(C)c(-c2ccc(F)cc2)c1C(=O)O. The van der Waals surface area contributed by atoms with E-state index in [4.69, 9.17) is 0 Å². The zero-order chi connectivity index (χ0) is 14.9. The molecule has 2 aromatic rings. The van der Waals surface area contributed by atoms with E-state index in [0.29, 0.717) is 16.1 Å². The smallest absolute Gasteiger partial charge is 0.339 e. The number of carboxylic acids is 1. The Morgan fingerprint density at radius 2 is 1.85 bits per heavy atom. The lowest BCUT2D eigenvalue weighted by Gasteiger charge is -2.05. The van der Waals surface area contributed by atoms with E-state index in [-0.39, 0.29) is 17.3 Å². The lowest BCUT2D eigenvalue weighted by atomic mass is 10.0. The molecule has 0 fully saturated rings. The molecule has 2 N–H and O–H groups in total. The largest absolute Gasteiger partial charge is 0.478 e. The van der Waals surface area contributed by atoms with Gasteiger partial charge in [0.25, 0.3) is 0 Å². The predicted molar refractivity (Wildman–Crippen MR) is 75.7 cm³/mol. The Balaban J connectivity index is 2.62. The minimum atomic E-state index is -1.13. The summed E-state index contributed by atoms with van der Waals surface area (Å²) in [7, 11) is 0. The average molecular weight is 293 g/mol. The molecule has 0 atom stereocenters. The summed E-state index contributed by atoms with van der Waals surface area (Å²) in [4.78, 5) is 23.3. The van der Waals surface area contributed by atoms with Gasteiger partial charge in [0.15, 0.2) is 0 Å². The molecule has 0 unspecified atom stereocenters. The number of hydrogen-bond acceptors (Lipinski definition) is 3. The Morgan fingerprint density at radius 1 is 1.25 bits per heavy atom. The van der Waals surface area contributed by atoms with Crippen LogP contribution in [0.4, 0.5) is 9.39 Å². The molecule has 0 spiro atoms. The Hall–Kier alpha value is -2.21. The van der Waals surface area contributed by atoms with Crippen LogP contribution in [0.15, 0.2) is 24.3 Å². The van der Waals surface area contributed by atoms with Crippen molar-refractivity contribution >= 4 is 28.2 Å². The molecule has 2 rings (SSSR count). The summed E-state index contributed by atoms with van der Waals surface area (Å²) in [5.41, 5.74) is 1.15. The lowest BCUT2D eigenvalue weighted by molar-refractivity contribution is -0.114. The molecule has 1 amide bonds. The summed E-state index contributed by atoms with van der Waals surface area (Å²) in [6.07, 6.45) is 0. The monoisotopic (exact) mass is 293 g/mol. The molecule has 0 aliphatic rings. The van der Waals surface area contributed by atoms with Crippen molar-refractivity contribution in [3.8, 4) is 11.1 Å². The van der Waals surface area contributed by atoms with E-state index in [9.17, 15) is 19.1 Å². The van der Waals surface area contributed by atoms with Crippen LogP contribution < -0.4 is 5.32 Å². The first-order chi connectivity index (χ1) is 9.40. The highest BCUT2D eigenvalue weighted by atomic mass is 32.1. The first-order valence-corrected chi connectivity index (χ1v) is 6.62. The van der Waals surface area contributed by atoms with Crippen LogP contribution in [0.1, 0.15) is 22.2 Å². The molecule has 4 nitrogen and oxygen atoms in total. The maximum atomic E-state index is 13.0. The molecule has 1 heterocycles. The van der Waals surface area contributed by atoms with Crippen molar-refractivity contribution in [3.63, 3.8) is 0 Å². The van der Waals surface area contributed by atoms with Crippen molar-refractivity contribution in [2.75, 3.05) is 5.32 Å². The summed E-state index contributed by atoms with van der Waals surface area (Å²) >= 11 is 1.19. The van der Waals surface area contributed by atoms with Crippen LogP contribution in [0, 0.1) is 12.7 Å². The van der Waals surface area contributed by atoms with Gasteiger partial charge in [0.2, 0.25) is 5.91 Å². The number of thiophene rings is 1. The summed E-state index contributed by atoms with van der Waals surface area (Å²) < 4.78 is 13.0. The fourth-order valence-electron chi connectivity index (χ4n) is 1.96. The second kappa shape index (κ2) is 5.42. The number of carboxylic acid groups (broad SMARTS) is 1. The van der Waals surface area contributed by atoms with Crippen LogP contribution in [0.2, 0.25) is 0 Å². The van der Waals surface area contributed by atoms with E-state index >= 15 is 0 Å². The number of rotatable bonds is 3. The maximum absolute atomic E-state index is 13.0. The van der Waals surface area contributed by atoms with Gasteiger partial charge in [-0.05, 0) is 24.6 Å². The molecule has 6 heteroatoms. The summed E-state index contributed by atoms with van der Waals surface area (Å²) in [6.45, 7) is 3.08. The van der Waals surface area contributed by atoms with Gasteiger partial charge in [0, 0.05) is 17.4 Å². The van der Waals surface area contributed by atoms with Gasteiger partial charge in [-0.25, -0.2) is 9.18 Å². The molecule has 1 aromatic heterocycles. The summed E-state index contributed by atoms with van der Waals surface area (Å²) in [5.74, 6) is -1.85. The highest BCUT2D eigenvalue weighted by molar-refractivity contribution is 7.17. The van der Waals surface area contributed by atoms with Crippen molar-refractivity contribution in [1.82, 2.24) is 0 Å². The number of anilines is 1. The number of hydrogen-bond donors (Lipinski definition) is 2. The van der Waals surface area contributed by atoms with E-state index in [0.717, 1.165) is 4.88 Å². The Bertz CT molecular complexity index is 676. The number of halogens is 1. The van der Waals surface area contributed by atoms with E-state index in [1.807, 2.05) is 0 Å². The normalized spacial score (nSPS) is 10.3. The van der Waals surface area contributed by atoms with Crippen molar-refractivity contribution in [2.24, 2.45) is 0 Å². The maximum Gasteiger partial charge on any atom is 0.339 e. The van der Waals surface area contributed by atoms with E-state index in [1.54, 1.807) is 6.92 Å². The average Bonchev–Trinajstić information content (AvgIpc) is 2.66. The third-order valence-corrected chi connectivity index (χ3v) is 3.74. The molecule has 0 bridgehead atoms. The van der Waals surface area contributed by atoms with Crippen molar-refractivity contribution in [2.45, 2.75) is 13.8 Å². The predicted octanol–water partition coefficient (Wildman–Crippen LogP) is 3.52. The number of carbonyl (C=O) groups excluding carboxylic acids is 1. The zero-order valence-corrected chi connectivity index (χ0v) is 11.7. The molecule has 0 saturated heterocycles. The Kier molecular flexibility index (Phi) is 3.85. The number of aryl methyl sites for hydroxylation is 1. The molecule has 0 saturated carbocycles. The number of carbonyl (C=O) groups is 2. The first-order valence-electron chi connectivity index (χ1n) is 5.80. The van der Waals surface area contributed by atoms with Gasteiger partial charge in [0.05, 0.1) is 0 Å². The number of nitrogens with one attached hydrogen (secondary N) is 1. The second-order valence-corrected chi connectivity index (χ2v) is 5.46. The fraction of sp³-hybridized carbons (Fsp3) is 0.143. The fourth-order valence-corrected chi connectivity index (χ4v) is 3.08. The molecule has 0 aliphatic heterocycles. The Morgan fingerprint density at radius 3 is 2.35 bits per heavy atom. The molecule has 104 valence electrons. The summed E-state index contributed by atoms with van der Waals surface area (Å²) in [6, 6.07) is 5.59. The quantitative estimate of drug-likeness (QED) is 0.910. The van der Waals surface area contributed by atoms with Gasteiger partial charge in [-0.1, -0.05) is 12.1 Å². The van der Waals surface area contributed by atoms with E-state index < -0.39 is 5.97 Å². The highest BCUT2D eigenvalue weighted by Crippen LogP contribution is 2.39. The van der Waals surface area contributed by atoms with Crippen LogP contribution in [-0.4, -0.2) is 17.0 Å². The van der Waals surface area contributed by atoms with E-state index in [2.05, 4.69) is 5.32 Å². The zero-order valence-electron chi connectivity index (χ0n) is 10.9. The molecular weight excluding hydrogens is 281 g/mol. The van der Waals surface area contributed by atoms with Crippen molar-refractivity contribution < 1.29 is 19.1 Å². The second-order valence-electron chi connectivity index (χ2n) is 4.23. The van der Waals surface area contributed by atoms with Gasteiger partial charge in [0.1, 0.15) is 16.4 Å². The van der Waals surface area contributed by atoms with Crippen LogP contribution in [0.25, 0.3) is 11.1 Å². The lowest BCUT2D eigenvalue weighted by Crippen LogP contribution is -2.09. The van der Waals surface area contributed by atoms with Crippen molar-refractivity contribution in [1.29, 1.82) is 0 Å². The van der Waals surface area contributed by atoms with Gasteiger partial charge in [-0.3, -0.25) is 4.79 Å². The van der Waals surface area contributed by atoms with Gasteiger partial charge < -0.3 is 10.4 Å². The number of amides is 1. The molecular formula is C14H12FNO3S. The van der Waals surface area contributed by atoms with Crippen LogP contribution in [-0.2, 0) is 4.79 Å². The van der Waals surface area contributed by atoms with Crippen LogP contribution >= 0.6 is 11.3 Å². The third-order valence-electron chi connectivity index (χ3n) is 2.72. The van der Waals surface area contributed by atoms with Gasteiger partial charge in [-0.2, -0.15) is 0 Å². The third kappa shape index (κ3) is 2.70. The number of aromatic carboxylic acids is 1. The molecule has 1 aromatic carbocycles. The van der Waals surface area contributed by atoms with Crippen LogP contribution in [0.3, 0.4) is 0 Å². The Labute approximate surface area is 118 Å².